The van der Waals surface area contributed by atoms with Crippen LogP contribution in [0.15, 0.2) is 48.8 Å². The smallest absolute Gasteiger partial charge is 0.373 e. The van der Waals surface area contributed by atoms with Crippen molar-refractivity contribution < 1.29 is 28.7 Å². The number of nitrogens with one attached hydrogen (secondary N) is 1. The molecule has 0 aliphatic rings. The number of carbonyl (C=O) groups excluding carboxylic acids is 2. The Morgan fingerprint density at radius 1 is 0.971 bits per heavy atom. The number of anilines is 2. The van der Waals surface area contributed by atoms with E-state index in [1.165, 1.54) is 32.4 Å². The molecule has 0 atom stereocenters. The van der Waals surface area contributed by atoms with Crippen molar-refractivity contribution in [3.8, 4) is 11.6 Å². The Morgan fingerprint density at radius 2 is 1.56 bits per heavy atom. The van der Waals surface area contributed by atoms with E-state index >= 15 is 0 Å². The highest BCUT2D eigenvalue weighted by Gasteiger charge is 2.26. The molecule has 1 heterocycles. The second kappa shape index (κ2) is 10.4. The molecule has 1 aromatic heterocycles. The summed E-state index contributed by atoms with van der Waals surface area (Å²) in [5.41, 5.74) is 0.785. The molecule has 3 aromatic rings. The summed E-state index contributed by atoms with van der Waals surface area (Å²) in [5, 5.41) is 14.6. The number of benzene rings is 2. The van der Waals surface area contributed by atoms with Crippen LogP contribution in [-0.4, -0.2) is 41.0 Å². The molecule has 11 heteroatoms. The molecule has 0 saturated heterocycles. The van der Waals surface area contributed by atoms with Gasteiger partial charge in [0, 0.05) is 5.69 Å². The monoisotopic (exact) mass is 466 g/mol. The first-order valence-electron chi connectivity index (χ1n) is 10.1. The second-order valence-corrected chi connectivity index (χ2v) is 7.37. The molecule has 0 saturated carbocycles. The average Bonchev–Trinajstić information content (AvgIpc) is 2.83. The minimum atomic E-state index is -0.708. The molecule has 11 nitrogen and oxygen atoms in total. The molecule has 0 aliphatic heterocycles. The minimum Gasteiger partial charge on any atom is -0.465 e. The SMILES string of the molecule is COC(=O)c1cc(Nc2ncnc(Oc3ccc(C(C)C)cc3)c2[N+](=O)[O-])cc(C(=O)OC)c1. The van der Waals surface area contributed by atoms with Gasteiger partial charge in [-0.05, 0) is 41.8 Å². The Bertz CT molecular complexity index is 1190. The highest BCUT2D eigenvalue weighted by Crippen LogP contribution is 2.36. The predicted octanol–water partition coefficient (Wildman–Crippen LogP) is 4.62. The fraction of sp³-hybridized carbons (Fsp3) is 0.217. The third kappa shape index (κ3) is 5.44. The lowest BCUT2D eigenvalue weighted by atomic mass is 10.0. The van der Waals surface area contributed by atoms with Crippen LogP contribution in [0.2, 0.25) is 0 Å². The van der Waals surface area contributed by atoms with Gasteiger partial charge in [0.25, 0.3) is 0 Å². The number of nitrogens with zero attached hydrogens (tertiary/aromatic N) is 3. The average molecular weight is 466 g/mol. The zero-order valence-electron chi connectivity index (χ0n) is 18.9. The van der Waals surface area contributed by atoms with E-state index in [-0.39, 0.29) is 28.5 Å². The zero-order valence-corrected chi connectivity index (χ0v) is 18.9. The van der Waals surface area contributed by atoms with Crippen molar-refractivity contribution in [1.29, 1.82) is 0 Å². The molecule has 0 bridgehead atoms. The Labute approximate surface area is 194 Å². The largest absolute Gasteiger partial charge is 0.465 e. The normalized spacial score (nSPS) is 10.5. The van der Waals surface area contributed by atoms with Crippen molar-refractivity contribution in [3.05, 3.63) is 75.6 Å². The van der Waals surface area contributed by atoms with Crippen molar-refractivity contribution in [2.24, 2.45) is 0 Å². The van der Waals surface area contributed by atoms with Crippen LogP contribution in [0.4, 0.5) is 17.2 Å². The van der Waals surface area contributed by atoms with Crippen LogP contribution in [0.25, 0.3) is 0 Å². The molecular weight excluding hydrogens is 444 g/mol. The van der Waals surface area contributed by atoms with Crippen molar-refractivity contribution in [2.45, 2.75) is 19.8 Å². The van der Waals surface area contributed by atoms with E-state index in [1.807, 2.05) is 26.0 Å². The summed E-state index contributed by atoms with van der Waals surface area (Å²) in [6.45, 7) is 4.09. The maximum absolute atomic E-state index is 12.0. The summed E-state index contributed by atoms with van der Waals surface area (Å²) >= 11 is 0. The molecular formula is C23H22N4O7. The Kier molecular flexibility index (Phi) is 7.36. The number of aromatic nitrogens is 2. The van der Waals surface area contributed by atoms with E-state index in [0.29, 0.717) is 11.7 Å². The number of hydrogen-bond acceptors (Lipinski definition) is 10. The molecule has 176 valence electrons. The molecule has 34 heavy (non-hydrogen) atoms. The van der Waals surface area contributed by atoms with Crippen LogP contribution in [0.5, 0.6) is 11.6 Å². The summed E-state index contributed by atoms with van der Waals surface area (Å²) in [4.78, 5) is 43.1. The number of methoxy groups -OCH3 is 2. The van der Waals surface area contributed by atoms with Gasteiger partial charge in [-0.15, -0.1) is 0 Å². The fourth-order valence-electron chi connectivity index (χ4n) is 3.03. The van der Waals surface area contributed by atoms with Gasteiger partial charge in [0.1, 0.15) is 12.1 Å². The Morgan fingerprint density at radius 3 is 2.06 bits per heavy atom. The lowest BCUT2D eigenvalue weighted by Crippen LogP contribution is -2.09. The number of rotatable bonds is 8. The van der Waals surface area contributed by atoms with Crippen molar-refractivity contribution in [1.82, 2.24) is 9.97 Å². The quantitative estimate of drug-likeness (QED) is 0.284. The van der Waals surface area contributed by atoms with Crippen molar-refractivity contribution in [2.75, 3.05) is 19.5 Å². The third-order valence-corrected chi connectivity index (χ3v) is 4.77. The maximum Gasteiger partial charge on any atom is 0.373 e. The summed E-state index contributed by atoms with van der Waals surface area (Å²) < 4.78 is 15.1. The number of ether oxygens (including phenoxy) is 3. The van der Waals surface area contributed by atoms with Crippen LogP contribution in [-0.2, 0) is 9.47 Å². The number of hydrogen-bond donors (Lipinski definition) is 1. The van der Waals surface area contributed by atoms with Gasteiger partial charge in [-0.25, -0.2) is 14.6 Å². The van der Waals surface area contributed by atoms with Gasteiger partial charge in [0.05, 0.1) is 30.3 Å². The molecule has 0 radical (unpaired) electrons. The van der Waals surface area contributed by atoms with E-state index in [4.69, 9.17) is 14.2 Å². The van der Waals surface area contributed by atoms with Crippen molar-refractivity contribution in [3.63, 3.8) is 0 Å². The molecule has 0 unspecified atom stereocenters. The Balaban J connectivity index is 2.00. The highest BCUT2D eigenvalue weighted by molar-refractivity contribution is 5.97. The fourth-order valence-corrected chi connectivity index (χ4v) is 3.03. The maximum atomic E-state index is 12.0. The number of nitro groups is 1. The molecule has 0 spiro atoms. The number of esters is 2. The second-order valence-electron chi connectivity index (χ2n) is 7.37. The summed E-state index contributed by atoms with van der Waals surface area (Å²) in [7, 11) is 2.37. The van der Waals surface area contributed by atoms with Crippen LogP contribution in [0.3, 0.4) is 0 Å². The van der Waals surface area contributed by atoms with Crippen molar-refractivity contribution >= 4 is 29.1 Å². The van der Waals surface area contributed by atoms with Gasteiger partial charge < -0.3 is 19.5 Å². The minimum absolute atomic E-state index is 0.0336. The molecule has 2 aromatic carbocycles. The molecule has 0 fully saturated rings. The molecule has 0 aliphatic carbocycles. The van der Waals surface area contributed by atoms with Crippen LogP contribution in [0, 0.1) is 10.1 Å². The van der Waals surface area contributed by atoms with Gasteiger partial charge in [0.15, 0.2) is 0 Å². The lowest BCUT2D eigenvalue weighted by Gasteiger charge is -2.12. The van der Waals surface area contributed by atoms with Gasteiger partial charge in [-0.3, -0.25) is 10.1 Å². The zero-order chi connectivity index (χ0) is 24.8. The predicted molar refractivity (Wildman–Crippen MR) is 122 cm³/mol. The van der Waals surface area contributed by atoms with Crippen LogP contribution in [0.1, 0.15) is 46.0 Å². The summed E-state index contributed by atoms with van der Waals surface area (Å²) in [6.07, 6.45) is 1.10. The van der Waals surface area contributed by atoms with Crippen LogP contribution >= 0.6 is 0 Å². The first-order chi connectivity index (χ1) is 16.2. The van der Waals surface area contributed by atoms with Gasteiger partial charge in [0.2, 0.25) is 5.82 Å². The topological polar surface area (TPSA) is 143 Å². The van der Waals surface area contributed by atoms with Gasteiger partial charge in [-0.2, -0.15) is 4.98 Å². The van der Waals surface area contributed by atoms with E-state index in [0.717, 1.165) is 11.9 Å². The summed E-state index contributed by atoms with van der Waals surface area (Å²) in [5.74, 6) is -1.23. The lowest BCUT2D eigenvalue weighted by molar-refractivity contribution is -0.385. The van der Waals surface area contributed by atoms with Gasteiger partial charge in [-0.1, -0.05) is 26.0 Å². The van der Waals surface area contributed by atoms with Crippen LogP contribution < -0.4 is 10.1 Å². The highest BCUT2D eigenvalue weighted by atomic mass is 16.6. The van der Waals surface area contributed by atoms with E-state index in [9.17, 15) is 19.7 Å². The molecule has 3 rings (SSSR count). The first-order valence-corrected chi connectivity index (χ1v) is 10.1. The third-order valence-electron chi connectivity index (χ3n) is 4.77. The molecule has 1 N–H and O–H groups in total. The van der Waals surface area contributed by atoms with E-state index in [1.54, 1.807) is 12.1 Å². The van der Waals surface area contributed by atoms with E-state index in [2.05, 4.69) is 15.3 Å². The standard InChI is InChI=1S/C23H22N4O7/c1-13(2)14-5-7-18(8-6-14)34-21-19(27(30)31)20(24-12-25-21)26-17-10-15(22(28)32-3)9-16(11-17)23(29)33-4/h5-13H,1-4H3,(H,24,25,26). The van der Waals surface area contributed by atoms with E-state index < -0.39 is 22.5 Å². The summed E-state index contributed by atoms with van der Waals surface area (Å²) in [6, 6.07) is 11.1. The Hall–Kier alpha value is -4.54. The number of carbonyl (C=O) groups is 2. The first kappa shape index (κ1) is 24.1. The van der Waals surface area contributed by atoms with Gasteiger partial charge >= 0.3 is 23.5 Å². The molecule has 0 amide bonds.